The van der Waals surface area contributed by atoms with Gasteiger partial charge in [0.05, 0.1) is 7.11 Å². The van der Waals surface area contributed by atoms with Crippen LogP contribution in [0.15, 0.2) is 0 Å². The minimum Gasteiger partial charge on any atom is -0.453 e. The summed E-state index contributed by atoms with van der Waals surface area (Å²) < 4.78 is 4.50. The van der Waals surface area contributed by atoms with E-state index < -0.39 is 0 Å². The van der Waals surface area contributed by atoms with Gasteiger partial charge in [-0.3, -0.25) is 0 Å². The molecule has 1 rings (SSSR count). The Morgan fingerprint density at radius 2 is 2.17 bits per heavy atom. The number of carbonyl (C=O) groups is 1. The molecule has 0 aromatic carbocycles. The largest absolute Gasteiger partial charge is 0.453 e. The Morgan fingerprint density at radius 1 is 1.50 bits per heavy atom. The number of nitrogens with two attached hydrogens (primary N) is 1. The molecule has 3 N–H and O–H groups in total. The number of nitrogens with one attached hydrogen (secondary N) is 1. The predicted octanol–water partition coefficient (Wildman–Crippen LogP) is 0.612. The van der Waals surface area contributed by atoms with E-state index in [-0.39, 0.29) is 18.2 Å². The van der Waals surface area contributed by atoms with Gasteiger partial charge >= 0.3 is 6.09 Å². The summed E-state index contributed by atoms with van der Waals surface area (Å²) in [5.41, 5.74) is 5.81. The van der Waals surface area contributed by atoms with Gasteiger partial charge < -0.3 is 15.8 Å². The molecule has 0 aromatic heterocycles. The normalized spacial score (nSPS) is 29.5. The van der Waals surface area contributed by atoms with Gasteiger partial charge in [0.2, 0.25) is 0 Å². The third-order valence-corrected chi connectivity index (χ3v) is 2.31. The summed E-state index contributed by atoms with van der Waals surface area (Å²) in [4.78, 5) is 10.8. The van der Waals surface area contributed by atoms with E-state index in [1.54, 1.807) is 0 Å². The Bertz CT molecular complexity index is 161. The number of hydrogen-bond donors (Lipinski definition) is 2. The highest BCUT2D eigenvalue weighted by Gasteiger charge is 2.23. The number of carbonyl (C=O) groups excluding carboxylic acids is 1. The van der Waals surface area contributed by atoms with E-state index in [1.165, 1.54) is 13.5 Å². The average molecular weight is 172 g/mol. The Hall–Kier alpha value is -0.770. The van der Waals surface area contributed by atoms with E-state index in [0.29, 0.717) is 0 Å². The van der Waals surface area contributed by atoms with E-state index in [4.69, 9.17) is 5.73 Å². The third kappa shape index (κ3) is 2.37. The van der Waals surface area contributed by atoms with Crippen LogP contribution in [0.2, 0.25) is 0 Å². The second kappa shape index (κ2) is 4.30. The molecule has 1 amide bonds. The van der Waals surface area contributed by atoms with Crippen LogP contribution in [0.4, 0.5) is 4.79 Å². The van der Waals surface area contributed by atoms with Gasteiger partial charge in [-0.25, -0.2) is 4.79 Å². The minimum atomic E-state index is -0.377. The van der Waals surface area contributed by atoms with Gasteiger partial charge in [0.25, 0.3) is 0 Å². The standard InChI is InChI=1S/C8H16N2O2/c1-12-8(11)10-7-5-3-2-4-6(7)9/h6-7H,2-5,9H2,1H3,(H,10,11). The molecule has 1 aliphatic carbocycles. The molecule has 1 fully saturated rings. The van der Waals surface area contributed by atoms with Crippen molar-refractivity contribution < 1.29 is 9.53 Å². The lowest BCUT2D eigenvalue weighted by atomic mass is 9.91. The zero-order valence-corrected chi connectivity index (χ0v) is 7.38. The molecule has 4 nitrogen and oxygen atoms in total. The summed E-state index contributed by atoms with van der Waals surface area (Å²) in [7, 11) is 1.36. The molecular weight excluding hydrogens is 156 g/mol. The molecule has 4 heteroatoms. The highest BCUT2D eigenvalue weighted by molar-refractivity contribution is 5.67. The van der Waals surface area contributed by atoms with Crippen molar-refractivity contribution in [2.75, 3.05) is 7.11 Å². The molecule has 0 radical (unpaired) electrons. The fourth-order valence-corrected chi connectivity index (χ4v) is 1.55. The number of methoxy groups -OCH3 is 1. The van der Waals surface area contributed by atoms with Crippen LogP contribution in [-0.4, -0.2) is 25.3 Å². The lowest BCUT2D eigenvalue weighted by molar-refractivity contribution is 0.161. The van der Waals surface area contributed by atoms with Crippen LogP contribution in [0.3, 0.4) is 0 Å². The average Bonchev–Trinajstić information content (AvgIpc) is 2.09. The summed E-state index contributed by atoms with van der Waals surface area (Å²) in [6, 6.07) is 0.198. The fourth-order valence-electron chi connectivity index (χ4n) is 1.55. The molecule has 2 unspecified atom stereocenters. The second-order valence-corrected chi connectivity index (χ2v) is 3.19. The number of rotatable bonds is 1. The van der Waals surface area contributed by atoms with Gasteiger partial charge in [0, 0.05) is 12.1 Å². The Kier molecular flexibility index (Phi) is 3.34. The SMILES string of the molecule is COC(=O)NC1CCCCC1N. The summed E-state index contributed by atoms with van der Waals surface area (Å²) in [6.45, 7) is 0. The molecule has 0 spiro atoms. The van der Waals surface area contributed by atoms with Crippen molar-refractivity contribution in [3.63, 3.8) is 0 Å². The molecule has 0 aromatic rings. The van der Waals surface area contributed by atoms with Crippen LogP contribution in [0.5, 0.6) is 0 Å². The van der Waals surface area contributed by atoms with Crippen LogP contribution in [0, 0.1) is 0 Å². The lowest BCUT2D eigenvalue weighted by Crippen LogP contribution is -2.49. The molecule has 2 atom stereocenters. The minimum absolute atomic E-state index is 0.0952. The molecule has 0 heterocycles. The van der Waals surface area contributed by atoms with Crippen molar-refractivity contribution in [1.82, 2.24) is 5.32 Å². The third-order valence-electron chi connectivity index (χ3n) is 2.31. The summed E-state index contributed by atoms with van der Waals surface area (Å²) in [5.74, 6) is 0. The Balaban J connectivity index is 2.33. The molecule has 0 bridgehead atoms. The van der Waals surface area contributed by atoms with Crippen molar-refractivity contribution in [3.05, 3.63) is 0 Å². The van der Waals surface area contributed by atoms with Gasteiger partial charge in [0.1, 0.15) is 0 Å². The van der Waals surface area contributed by atoms with Gasteiger partial charge in [-0.15, -0.1) is 0 Å². The monoisotopic (exact) mass is 172 g/mol. The van der Waals surface area contributed by atoms with Gasteiger partial charge in [-0.05, 0) is 12.8 Å². The quantitative estimate of drug-likeness (QED) is 0.609. The molecule has 70 valence electrons. The van der Waals surface area contributed by atoms with E-state index in [1.807, 2.05) is 0 Å². The number of ether oxygens (including phenoxy) is 1. The van der Waals surface area contributed by atoms with Gasteiger partial charge in [0.15, 0.2) is 0 Å². The van der Waals surface area contributed by atoms with Crippen LogP contribution < -0.4 is 11.1 Å². The first-order valence-electron chi connectivity index (χ1n) is 4.34. The molecule has 1 saturated carbocycles. The summed E-state index contributed by atoms with van der Waals surface area (Å²) in [6.07, 6.45) is 3.89. The Labute approximate surface area is 72.5 Å². The van der Waals surface area contributed by atoms with Crippen molar-refractivity contribution in [1.29, 1.82) is 0 Å². The topological polar surface area (TPSA) is 64.3 Å². The highest BCUT2D eigenvalue weighted by Crippen LogP contribution is 2.16. The predicted molar refractivity (Wildman–Crippen MR) is 45.8 cm³/mol. The van der Waals surface area contributed by atoms with E-state index in [0.717, 1.165) is 19.3 Å². The molecule has 12 heavy (non-hydrogen) atoms. The maximum atomic E-state index is 10.8. The lowest BCUT2D eigenvalue weighted by Gasteiger charge is -2.28. The highest BCUT2D eigenvalue weighted by atomic mass is 16.5. The van der Waals surface area contributed by atoms with Crippen LogP contribution in [0.25, 0.3) is 0 Å². The van der Waals surface area contributed by atoms with E-state index >= 15 is 0 Å². The summed E-state index contributed by atoms with van der Waals surface area (Å²) in [5, 5.41) is 2.73. The first-order valence-corrected chi connectivity index (χ1v) is 4.34. The summed E-state index contributed by atoms with van der Waals surface area (Å²) >= 11 is 0. The molecule has 0 aliphatic heterocycles. The maximum absolute atomic E-state index is 10.8. The Morgan fingerprint density at radius 3 is 2.75 bits per heavy atom. The number of hydrogen-bond acceptors (Lipinski definition) is 3. The first-order chi connectivity index (χ1) is 5.74. The van der Waals surface area contributed by atoms with Crippen LogP contribution in [0.1, 0.15) is 25.7 Å². The van der Waals surface area contributed by atoms with Crippen molar-refractivity contribution in [3.8, 4) is 0 Å². The van der Waals surface area contributed by atoms with Crippen LogP contribution >= 0.6 is 0 Å². The van der Waals surface area contributed by atoms with Crippen molar-refractivity contribution in [2.45, 2.75) is 37.8 Å². The van der Waals surface area contributed by atoms with E-state index in [2.05, 4.69) is 10.1 Å². The molecular formula is C8H16N2O2. The second-order valence-electron chi connectivity index (χ2n) is 3.19. The zero-order valence-electron chi connectivity index (χ0n) is 7.38. The van der Waals surface area contributed by atoms with Gasteiger partial charge in [-0.1, -0.05) is 12.8 Å². The first kappa shape index (κ1) is 9.32. The van der Waals surface area contributed by atoms with E-state index in [9.17, 15) is 4.79 Å². The van der Waals surface area contributed by atoms with Crippen LogP contribution in [-0.2, 0) is 4.74 Å². The molecule has 1 aliphatic rings. The van der Waals surface area contributed by atoms with Crippen molar-refractivity contribution in [2.24, 2.45) is 5.73 Å². The number of alkyl carbamates (subject to hydrolysis) is 1. The van der Waals surface area contributed by atoms with Crippen molar-refractivity contribution >= 4 is 6.09 Å². The van der Waals surface area contributed by atoms with Gasteiger partial charge in [-0.2, -0.15) is 0 Å². The fraction of sp³-hybridized carbons (Fsp3) is 0.875. The zero-order chi connectivity index (χ0) is 8.97. The maximum Gasteiger partial charge on any atom is 0.407 e. The number of amides is 1. The smallest absolute Gasteiger partial charge is 0.407 e. The molecule has 0 saturated heterocycles.